The number of hydrogen-bond acceptors (Lipinski definition) is 4. The second-order valence-electron chi connectivity index (χ2n) is 8.03. The number of aryl methyl sites for hydroxylation is 1. The number of hydrogen-bond donors (Lipinski definition) is 1. The monoisotopic (exact) mass is 552 g/mol. The SMILES string of the molecule is CN=C(NCCCOC1CCCc2ccccc21)N1CCN(C(=O)c2ccco2)CC1.I. The fraction of sp³-hybridized carbons (Fsp3) is 0.500. The number of nitrogens with one attached hydrogen (secondary N) is 1. The summed E-state index contributed by atoms with van der Waals surface area (Å²) in [4.78, 5) is 20.9. The molecule has 1 saturated heterocycles. The zero-order valence-electron chi connectivity index (χ0n) is 18.7. The Morgan fingerprint density at radius 1 is 1.16 bits per heavy atom. The van der Waals surface area contributed by atoms with Gasteiger partial charge in [0.15, 0.2) is 11.7 Å². The summed E-state index contributed by atoms with van der Waals surface area (Å²) in [6, 6.07) is 12.1. The van der Waals surface area contributed by atoms with Crippen LogP contribution >= 0.6 is 24.0 Å². The third kappa shape index (κ3) is 6.04. The van der Waals surface area contributed by atoms with E-state index < -0.39 is 0 Å². The molecule has 1 unspecified atom stereocenters. The van der Waals surface area contributed by atoms with Crippen LogP contribution in [0.4, 0.5) is 0 Å². The Labute approximate surface area is 207 Å². The van der Waals surface area contributed by atoms with E-state index in [0.29, 0.717) is 18.8 Å². The van der Waals surface area contributed by atoms with Crippen molar-refractivity contribution in [3.63, 3.8) is 0 Å². The number of benzene rings is 1. The van der Waals surface area contributed by atoms with Gasteiger partial charge in [0.2, 0.25) is 0 Å². The normalized spacial score (nSPS) is 18.7. The van der Waals surface area contributed by atoms with E-state index in [9.17, 15) is 4.79 Å². The lowest BCUT2D eigenvalue weighted by atomic mass is 9.89. The molecule has 1 N–H and O–H groups in total. The zero-order valence-corrected chi connectivity index (χ0v) is 21.0. The first-order chi connectivity index (χ1) is 15.3. The molecule has 32 heavy (non-hydrogen) atoms. The van der Waals surface area contributed by atoms with Crippen LogP contribution in [0, 0.1) is 0 Å². The quantitative estimate of drug-likeness (QED) is 0.256. The predicted molar refractivity (Wildman–Crippen MR) is 136 cm³/mol. The molecule has 1 amide bonds. The van der Waals surface area contributed by atoms with E-state index >= 15 is 0 Å². The van der Waals surface area contributed by atoms with Crippen LogP contribution in [-0.2, 0) is 11.2 Å². The van der Waals surface area contributed by atoms with Crippen LogP contribution in [0.15, 0.2) is 52.1 Å². The average molecular weight is 552 g/mol. The molecule has 174 valence electrons. The molecule has 7 nitrogen and oxygen atoms in total. The van der Waals surface area contributed by atoms with E-state index in [1.54, 1.807) is 19.2 Å². The fourth-order valence-corrected chi connectivity index (χ4v) is 4.39. The summed E-state index contributed by atoms with van der Waals surface area (Å²) in [6.45, 7) is 4.36. The number of fused-ring (bicyclic) bond motifs is 1. The first-order valence-corrected chi connectivity index (χ1v) is 11.2. The number of furan rings is 1. The van der Waals surface area contributed by atoms with Crippen LogP contribution in [0.2, 0.25) is 0 Å². The molecule has 1 aliphatic carbocycles. The number of ether oxygens (including phenoxy) is 1. The molecular weight excluding hydrogens is 519 g/mol. The van der Waals surface area contributed by atoms with Crippen molar-refractivity contribution in [1.29, 1.82) is 0 Å². The third-order valence-electron chi connectivity index (χ3n) is 6.05. The number of amides is 1. The Morgan fingerprint density at radius 2 is 1.94 bits per heavy atom. The Bertz CT molecular complexity index is 879. The summed E-state index contributed by atoms with van der Waals surface area (Å²) in [5.41, 5.74) is 2.79. The largest absolute Gasteiger partial charge is 0.459 e. The second kappa shape index (κ2) is 12.2. The van der Waals surface area contributed by atoms with Crippen LogP contribution in [0.1, 0.15) is 47.0 Å². The molecule has 2 aliphatic rings. The minimum atomic E-state index is -0.0472. The standard InChI is InChI=1S/C24H32N4O3.HI/c1-25-24(28-15-13-27(14-16-28)23(29)22-11-5-17-31-22)26-12-6-18-30-21-10-4-8-19-7-2-3-9-20(19)21;/h2-3,5,7,9,11,17,21H,4,6,8,10,12-16,18H2,1H3,(H,25,26);1H. The Morgan fingerprint density at radius 3 is 2.69 bits per heavy atom. The molecule has 1 aromatic carbocycles. The van der Waals surface area contributed by atoms with Gasteiger partial charge in [-0.2, -0.15) is 0 Å². The van der Waals surface area contributed by atoms with Crippen molar-refractivity contribution in [3.05, 3.63) is 59.5 Å². The molecule has 0 bridgehead atoms. The van der Waals surface area contributed by atoms with Gasteiger partial charge in [0.25, 0.3) is 5.91 Å². The van der Waals surface area contributed by atoms with Crippen molar-refractivity contribution in [1.82, 2.24) is 15.1 Å². The van der Waals surface area contributed by atoms with Gasteiger partial charge in [-0.3, -0.25) is 9.79 Å². The average Bonchev–Trinajstić information content (AvgIpc) is 3.36. The molecule has 2 heterocycles. The number of carbonyl (C=O) groups excluding carboxylic acids is 1. The lowest BCUT2D eigenvalue weighted by molar-refractivity contribution is 0.0397. The molecule has 2 aromatic rings. The number of rotatable bonds is 6. The molecule has 1 aliphatic heterocycles. The molecule has 1 fully saturated rings. The lowest BCUT2D eigenvalue weighted by Crippen LogP contribution is -2.53. The Balaban J connectivity index is 0.00000289. The van der Waals surface area contributed by atoms with Gasteiger partial charge in [-0.25, -0.2) is 0 Å². The summed E-state index contributed by atoms with van der Waals surface area (Å²) in [7, 11) is 1.80. The van der Waals surface area contributed by atoms with Gasteiger partial charge in [0.05, 0.1) is 12.4 Å². The first-order valence-electron chi connectivity index (χ1n) is 11.2. The van der Waals surface area contributed by atoms with E-state index in [4.69, 9.17) is 9.15 Å². The minimum Gasteiger partial charge on any atom is -0.459 e. The van der Waals surface area contributed by atoms with Crippen molar-refractivity contribution >= 4 is 35.8 Å². The van der Waals surface area contributed by atoms with Crippen LogP contribution in [-0.4, -0.2) is 68.0 Å². The summed E-state index contributed by atoms with van der Waals surface area (Å²) < 4.78 is 11.4. The van der Waals surface area contributed by atoms with Crippen LogP contribution in [0.5, 0.6) is 0 Å². The zero-order chi connectivity index (χ0) is 21.5. The molecule has 0 radical (unpaired) electrons. The highest BCUT2D eigenvalue weighted by atomic mass is 127. The van der Waals surface area contributed by atoms with Crippen molar-refractivity contribution in [2.24, 2.45) is 4.99 Å². The van der Waals surface area contributed by atoms with Crippen molar-refractivity contribution in [2.75, 3.05) is 46.4 Å². The summed E-state index contributed by atoms with van der Waals surface area (Å²) in [6.07, 6.45) is 6.15. The van der Waals surface area contributed by atoms with E-state index in [1.807, 2.05) is 4.90 Å². The second-order valence-corrected chi connectivity index (χ2v) is 8.03. The number of carbonyl (C=O) groups is 1. The highest BCUT2D eigenvalue weighted by Crippen LogP contribution is 2.32. The summed E-state index contributed by atoms with van der Waals surface area (Å²) >= 11 is 0. The molecule has 8 heteroatoms. The summed E-state index contributed by atoms with van der Waals surface area (Å²) in [5.74, 6) is 1.23. The van der Waals surface area contributed by atoms with Gasteiger partial charge in [-0.15, -0.1) is 24.0 Å². The third-order valence-corrected chi connectivity index (χ3v) is 6.05. The van der Waals surface area contributed by atoms with E-state index in [-0.39, 0.29) is 36.0 Å². The highest BCUT2D eigenvalue weighted by Gasteiger charge is 2.25. The topological polar surface area (TPSA) is 70.3 Å². The number of halogens is 1. The summed E-state index contributed by atoms with van der Waals surface area (Å²) in [5, 5.41) is 3.44. The molecule has 0 saturated carbocycles. The Hall–Kier alpha value is -2.07. The van der Waals surface area contributed by atoms with Crippen molar-refractivity contribution in [2.45, 2.75) is 31.8 Å². The molecule has 1 atom stereocenters. The number of aliphatic imine (C=N–C) groups is 1. The van der Waals surface area contributed by atoms with Gasteiger partial charge in [-0.05, 0) is 48.9 Å². The molecule has 0 spiro atoms. The van der Waals surface area contributed by atoms with Gasteiger partial charge >= 0.3 is 0 Å². The lowest BCUT2D eigenvalue weighted by Gasteiger charge is -2.36. The van der Waals surface area contributed by atoms with E-state index in [2.05, 4.69) is 39.5 Å². The fourth-order valence-electron chi connectivity index (χ4n) is 4.39. The number of piperazine rings is 1. The maximum absolute atomic E-state index is 12.4. The van der Waals surface area contributed by atoms with E-state index in [0.717, 1.165) is 51.5 Å². The number of nitrogens with zero attached hydrogens (tertiary/aromatic N) is 3. The van der Waals surface area contributed by atoms with Crippen LogP contribution in [0.25, 0.3) is 0 Å². The molecular formula is C24H33IN4O3. The molecule has 1 aromatic heterocycles. The van der Waals surface area contributed by atoms with Gasteiger partial charge in [-0.1, -0.05) is 24.3 Å². The van der Waals surface area contributed by atoms with Crippen molar-refractivity contribution in [3.8, 4) is 0 Å². The smallest absolute Gasteiger partial charge is 0.289 e. The van der Waals surface area contributed by atoms with E-state index in [1.165, 1.54) is 23.8 Å². The maximum atomic E-state index is 12.4. The minimum absolute atomic E-state index is 0. The highest BCUT2D eigenvalue weighted by molar-refractivity contribution is 14.0. The predicted octanol–water partition coefficient (Wildman–Crippen LogP) is 3.72. The van der Waals surface area contributed by atoms with Crippen LogP contribution < -0.4 is 5.32 Å². The molecule has 4 rings (SSSR count). The Kier molecular flexibility index (Phi) is 9.40. The van der Waals surface area contributed by atoms with Crippen molar-refractivity contribution < 1.29 is 13.9 Å². The van der Waals surface area contributed by atoms with Gasteiger partial charge in [0, 0.05) is 46.4 Å². The first kappa shape index (κ1) is 24.6. The number of guanidine groups is 1. The van der Waals surface area contributed by atoms with Gasteiger partial charge < -0.3 is 24.3 Å². The maximum Gasteiger partial charge on any atom is 0.289 e. The van der Waals surface area contributed by atoms with Gasteiger partial charge in [0.1, 0.15) is 0 Å². The van der Waals surface area contributed by atoms with Crippen LogP contribution in [0.3, 0.4) is 0 Å².